The first kappa shape index (κ1) is 31.5. The van der Waals surface area contributed by atoms with Gasteiger partial charge < -0.3 is 48.5 Å². The number of nitrogens with zero attached hydrogens (tertiary/aromatic N) is 1. The van der Waals surface area contributed by atoms with Crippen molar-refractivity contribution in [3.63, 3.8) is 0 Å². The van der Waals surface area contributed by atoms with Gasteiger partial charge in [-0.05, 0) is 25.7 Å². The molecule has 200 valence electrons. The van der Waals surface area contributed by atoms with Crippen molar-refractivity contribution in [1.29, 1.82) is 0 Å². The summed E-state index contributed by atoms with van der Waals surface area (Å²) in [5.41, 5.74) is 16.5. The SMILES string of the molecule is CCC(C)C(N)C(=O)NC(CCCN=C(N)N)C(=O)NC(CC(=O)O)C(=O)NC(C(=O)O)C(C)O. The molecule has 0 heterocycles. The average Bonchev–Trinajstić information content (AvgIpc) is 2.76. The molecule has 6 atom stereocenters. The first-order valence-corrected chi connectivity index (χ1v) is 11.1. The third-order valence-electron chi connectivity index (χ3n) is 5.20. The minimum atomic E-state index is -1.74. The molecular weight excluding hydrogens is 466 g/mol. The number of nitrogens with two attached hydrogens (primary N) is 3. The van der Waals surface area contributed by atoms with Gasteiger partial charge in [0.05, 0.1) is 18.6 Å². The van der Waals surface area contributed by atoms with E-state index in [4.69, 9.17) is 27.4 Å². The van der Waals surface area contributed by atoms with E-state index in [1.165, 1.54) is 0 Å². The van der Waals surface area contributed by atoms with Crippen LogP contribution in [0.25, 0.3) is 0 Å². The molecule has 0 aromatic rings. The summed E-state index contributed by atoms with van der Waals surface area (Å²) < 4.78 is 0. The Morgan fingerprint density at radius 1 is 0.914 bits per heavy atom. The molecule has 15 heteroatoms. The second kappa shape index (κ2) is 15.4. The number of carbonyl (C=O) groups is 5. The van der Waals surface area contributed by atoms with Gasteiger partial charge in [0.25, 0.3) is 0 Å². The minimum Gasteiger partial charge on any atom is -0.481 e. The summed E-state index contributed by atoms with van der Waals surface area (Å²) in [6.07, 6.45) is -1.51. The van der Waals surface area contributed by atoms with Crippen molar-refractivity contribution in [2.75, 3.05) is 6.54 Å². The van der Waals surface area contributed by atoms with Crippen molar-refractivity contribution in [2.45, 2.75) is 76.7 Å². The van der Waals surface area contributed by atoms with Crippen LogP contribution in [0.4, 0.5) is 0 Å². The Bertz CT molecular complexity index is 785. The van der Waals surface area contributed by atoms with Gasteiger partial charge in [-0.3, -0.25) is 24.2 Å². The summed E-state index contributed by atoms with van der Waals surface area (Å²) in [5.74, 6) is -6.04. The predicted octanol–water partition coefficient (Wildman–Crippen LogP) is -3.19. The van der Waals surface area contributed by atoms with E-state index in [0.29, 0.717) is 6.42 Å². The molecule has 0 fully saturated rings. The van der Waals surface area contributed by atoms with E-state index in [1.807, 2.05) is 12.2 Å². The third-order valence-corrected chi connectivity index (χ3v) is 5.20. The fourth-order valence-electron chi connectivity index (χ4n) is 2.85. The Hall–Kier alpha value is -3.46. The standard InChI is InChI=1S/C20H37N7O8/c1-4-9(2)14(21)18(33)25-11(6-5-7-24-20(22)23)16(31)26-12(8-13(29)30)17(32)27-15(10(3)28)19(34)35/h9-12,14-15,28H,4-8,21H2,1-3H3,(H,25,33)(H,26,31)(H,27,32)(H,29,30)(H,34,35)(H4,22,23,24). The van der Waals surface area contributed by atoms with Crippen LogP contribution in [0, 0.1) is 5.92 Å². The lowest BCUT2D eigenvalue weighted by atomic mass is 9.98. The number of hydrogen-bond acceptors (Lipinski definition) is 8. The molecule has 0 saturated heterocycles. The van der Waals surface area contributed by atoms with Crippen molar-refractivity contribution in [2.24, 2.45) is 28.1 Å². The number of aliphatic imine (C=N–C) groups is 1. The average molecular weight is 504 g/mol. The lowest BCUT2D eigenvalue weighted by Gasteiger charge is -2.26. The predicted molar refractivity (Wildman–Crippen MR) is 125 cm³/mol. The Morgan fingerprint density at radius 3 is 1.91 bits per heavy atom. The van der Waals surface area contributed by atoms with Crippen molar-refractivity contribution in [3.8, 4) is 0 Å². The summed E-state index contributed by atoms with van der Waals surface area (Å²) in [6.45, 7) is 4.84. The Balaban J connectivity index is 5.66. The lowest BCUT2D eigenvalue weighted by molar-refractivity contribution is -0.146. The van der Waals surface area contributed by atoms with Crippen LogP contribution in [0.15, 0.2) is 4.99 Å². The molecule has 15 nitrogen and oxygen atoms in total. The van der Waals surface area contributed by atoms with Crippen molar-refractivity contribution in [1.82, 2.24) is 16.0 Å². The molecule has 0 aliphatic carbocycles. The minimum absolute atomic E-state index is 0.0222. The maximum atomic E-state index is 12.9. The zero-order chi connectivity index (χ0) is 27.3. The third kappa shape index (κ3) is 12.0. The second-order valence-electron chi connectivity index (χ2n) is 8.15. The van der Waals surface area contributed by atoms with Crippen molar-refractivity contribution < 1.29 is 39.3 Å². The molecule has 0 aromatic carbocycles. The summed E-state index contributed by atoms with van der Waals surface area (Å²) in [4.78, 5) is 64.3. The topological polar surface area (TPSA) is 273 Å². The first-order valence-electron chi connectivity index (χ1n) is 11.1. The summed E-state index contributed by atoms with van der Waals surface area (Å²) >= 11 is 0. The number of rotatable bonds is 16. The van der Waals surface area contributed by atoms with Gasteiger partial charge in [0.15, 0.2) is 12.0 Å². The highest BCUT2D eigenvalue weighted by Gasteiger charge is 2.33. The molecule has 12 N–H and O–H groups in total. The second-order valence-corrected chi connectivity index (χ2v) is 8.15. The lowest BCUT2D eigenvalue weighted by Crippen LogP contribution is -2.59. The van der Waals surface area contributed by atoms with Crippen LogP contribution >= 0.6 is 0 Å². The molecule has 0 aromatic heterocycles. The molecule has 35 heavy (non-hydrogen) atoms. The van der Waals surface area contributed by atoms with E-state index < -0.39 is 66.4 Å². The number of amides is 3. The number of hydrogen-bond donors (Lipinski definition) is 9. The highest BCUT2D eigenvalue weighted by atomic mass is 16.4. The van der Waals surface area contributed by atoms with Gasteiger partial charge >= 0.3 is 11.9 Å². The van der Waals surface area contributed by atoms with Crippen LogP contribution in [-0.4, -0.2) is 87.8 Å². The monoisotopic (exact) mass is 503 g/mol. The highest BCUT2D eigenvalue weighted by Crippen LogP contribution is 2.08. The number of guanidine groups is 1. The highest BCUT2D eigenvalue weighted by molar-refractivity contribution is 5.95. The van der Waals surface area contributed by atoms with Gasteiger partial charge in [-0.25, -0.2) is 4.79 Å². The van der Waals surface area contributed by atoms with Crippen molar-refractivity contribution in [3.05, 3.63) is 0 Å². The van der Waals surface area contributed by atoms with E-state index in [-0.39, 0.29) is 31.3 Å². The fraction of sp³-hybridized carbons (Fsp3) is 0.700. The van der Waals surface area contributed by atoms with E-state index in [9.17, 15) is 29.1 Å². The van der Waals surface area contributed by atoms with E-state index in [1.54, 1.807) is 6.92 Å². The summed E-state index contributed by atoms with van der Waals surface area (Å²) in [6, 6.07) is -5.57. The maximum absolute atomic E-state index is 12.9. The number of carboxylic acids is 2. The zero-order valence-electron chi connectivity index (χ0n) is 20.1. The van der Waals surface area contributed by atoms with Gasteiger partial charge in [-0.1, -0.05) is 20.3 Å². The van der Waals surface area contributed by atoms with Crippen LogP contribution < -0.4 is 33.2 Å². The number of aliphatic hydroxyl groups excluding tert-OH is 1. The summed E-state index contributed by atoms with van der Waals surface area (Å²) in [7, 11) is 0. The first-order chi connectivity index (χ1) is 16.2. The molecule has 0 saturated carbocycles. The molecule has 0 aliphatic rings. The van der Waals surface area contributed by atoms with Crippen LogP contribution in [0.5, 0.6) is 0 Å². The zero-order valence-corrected chi connectivity index (χ0v) is 20.1. The Labute approximate surface area is 202 Å². The molecular formula is C20H37N7O8. The normalized spacial score (nSPS) is 15.9. The number of nitrogens with one attached hydrogen (secondary N) is 3. The number of carboxylic acid groups (broad SMARTS) is 2. The Kier molecular flexibility index (Phi) is 13.9. The van der Waals surface area contributed by atoms with Gasteiger partial charge in [0.1, 0.15) is 12.1 Å². The van der Waals surface area contributed by atoms with Gasteiger partial charge in [0, 0.05) is 6.54 Å². The molecule has 0 aliphatic heterocycles. The number of aliphatic hydroxyl groups is 1. The van der Waals surface area contributed by atoms with Gasteiger partial charge in [0.2, 0.25) is 17.7 Å². The molecule has 6 unspecified atom stereocenters. The van der Waals surface area contributed by atoms with Crippen LogP contribution in [-0.2, 0) is 24.0 Å². The van der Waals surface area contributed by atoms with Gasteiger partial charge in [-0.2, -0.15) is 0 Å². The van der Waals surface area contributed by atoms with Crippen LogP contribution in [0.2, 0.25) is 0 Å². The van der Waals surface area contributed by atoms with Crippen LogP contribution in [0.3, 0.4) is 0 Å². The van der Waals surface area contributed by atoms with Crippen molar-refractivity contribution >= 4 is 35.6 Å². The van der Waals surface area contributed by atoms with Gasteiger partial charge in [-0.15, -0.1) is 0 Å². The largest absolute Gasteiger partial charge is 0.481 e. The Morgan fingerprint density at radius 2 is 1.46 bits per heavy atom. The molecule has 0 radical (unpaired) electrons. The van der Waals surface area contributed by atoms with E-state index >= 15 is 0 Å². The molecule has 0 rings (SSSR count). The molecule has 0 bridgehead atoms. The van der Waals surface area contributed by atoms with Crippen LogP contribution in [0.1, 0.15) is 46.5 Å². The number of carbonyl (C=O) groups excluding carboxylic acids is 3. The smallest absolute Gasteiger partial charge is 0.328 e. The number of aliphatic carboxylic acids is 2. The van der Waals surface area contributed by atoms with E-state index in [0.717, 1.165) is 6.92 Å². The van der Waals surface area contributed by atoms with E-state index in [2.05, 4.69) is 15.6 Å². The fourth-order valence-corrected chi connectivity index (χ4v) is 2.85. The molecule has 0 spiro atoms. The maximum Gasteiger partial charge on any atom is 0.328 e. The molecule has 3 amide bonds. The summed E-state index contributed by atoms with van der Waals surface area (Å²) in [5, 5.41) is 34.5. The quantitative estimate of drug-likeness (QED) is 0.0574.